The molecule has 2 nitrogen and oxygen atoms in total. The van der Waals surface area contributed by atoms with Crippen molar-refractivity contribution in [3.8, 4) is 11.1 Å². The summed E-state index contributed by atoms with van der Waals surface area (Å²) in [6, 6.07) is 1.62. The minimum atomic E-state index is -4.59. The highest BCUT2D eigenvalue weighted by molar-refractivity contribution is 5.63. The van der Waals surface area contributed by atoms with Gasteiger partial charge in [0.25, 0.3) is 0 Å². The number of hydrogen-bond donors (Lipinski definition) is 0. The Morgan fingerprint density at radius 2 is 1.50 bits per heavy atom. The summed E-state index contributed by atoms with van der Waals surface area (Å²) >= 11 is 0. The first kappa shape index (κ1) is 12.4. The number of hydrogen-bond acceptors (Lipinski definition) is 2. The molecule has 0 aliphatic carbocycles. The molecule has 0 bridgehead atoms. The Labute approximate surface area is 98.1 Å². The van der Waals surface area contributed by atoms with Gasteiger partial charge in [-0.3, -0.25) is 9.97 Å². The molecular weight excluding hydrogens is 255 g/mol. The minimum absolute atomic E-state index is 0.0830. The van der Waals surface area contributed by atoms with Gasteiger partial charge in [0, 0.05) is 11.8 Å². The highest BCUT2D eigenvalue weighted by atomic mass is 19.4. The van der Waals surface area contributed by atoms with Crippen molar-refractivity contribution in [1.29, 1.82) is 0 Å². The van der Waals surface area contributed by atoms with Crippen molar-refractivity contribution in [3.63, 3.8) is 0 Å². The molecule has 0 saturated carbocycles. The van der Waals surface area contributed by atoms with Crippen molar-refractivity contribution in [2.24, 2.45) is 0 Å². The smallest absolute Gasteiger partial charge is 0.259 e. The van der Waals surface area contributed by atoms with Crippen LogP contribution in [0.25, 0.3) is 11.1 Å². The van der Waals surface area contributed by atoms with Gasteiger partial charge in [-0.2, -0.15) is 13.2 Å². The first-order chi connectivity index (χ1) is 8.39. The van der Waals surface area contributed by atoms with Crippen LogP contribution < -0.4 is 0 Å². The van der Waals surface area contributed by atoms with Gasteiger partial charge in [-0.1, -0.05) is 6.07 Å². The van der Waals surface area contributed by atoms with E-state index in [1.54, 1.807) is 0 Å². The Morgan fingerprint density at radius 1 is 0.889 bits per heavy atom. The van der Waals surface area contributed by atoms with E-state index in [9.17, 15) is 22.0 Å². The van der Waals surface area contributed by atoms with E-state index in [2.05, 4.69) is 9.97 Å². The highest BCUT2D eigenvalue weighted by Crippen LogP contribution is 2.30. The lowest BCUT2D eigenvalue weighted by atomic mass is 10.1. The molecule has 94 valence electrons. The second-order valence-corrected chi connectivity index (χ2v) is 3.41. The predicted octanol–water partition coefficient (Wildman–Crippen LogP) is 3.44. The van der Waals surface area contributed by atoms with Crippen molar-refractivity contribution < 1.29 is 22.0 Å². The van der Waals surface area contributed by atoms with Gasteiger partial charge in [0.1, 0.15) is 5.69 Å². The summed E-state index contributed by atoms with van der Waals surface area (Å²) in [4.78, 5) is 6.41. The molecular formula is C11H5F5N2. The lowest BCUT2D eigenvalue weighted by molar-refractivity contribution is -0.141. The first-order valence-corrected chi connectivity index (χ1v) is 4.72. The molecule has 0 saturated heterocycles. The van der Waals surface area contributed by atoms with Crippen LogP contribution in [0.15, 0.2) is 30.7 Å². The molecule has 0 aliphatic heterocycles. The van der Waals surface area contributed by atoms with Gasteiger partial charge >= 0.3 is 6.18 Å². The van der Waals surface area contributed by atoms with E-state index in [0.717, 1.165) is 24.7 Å². The van der Waals surface area contributed by atoms with Crippen LogP contribution in [-0.4, -0.2) is 9.97 Å². The van der Waals surface area contributed by atoms with E-state index >= 15 is 0 Å². The van der Waals surface area contributed by atoms with Gasteiger partial charge in [-0.15, -0.1) is 0 Å². The van der Waals surface area contributed by atoms with Crippen LogP contribution >= 0.6 is 0 Å². The first-order valence-electron chi connectivity index (χ1n) is 4.72. The zero-order chi connectivity index (χ0) is 13.3. The molecule has 0 N–H and O–H groups in total. The maximum absolute atomic E-state index is 13.3. The van der Waals surface area contributed by atoms with E-state index < -0.39 is 29.1 Å². The molecule has 7 heteroatoms. The molecule has 0 amide bonds. The van der Waals surface area contributed by atoms with Gasteiger partial charge in [0.2, 0.25) is 0 Å². The molecule has 0 aliphatic rings. The highest BCUT2D eigenvalue weighted by Gasteiger charge is 2.32. The Balaban J connectivity index is 2.47. The summed E-state index contributed by atoms with van der Waals surface area (Å²) in [5.74, 6) is -1.92. The maximum Gasteiger partial charge on any atom is 0.433 e. The maximum atomic E-state index is 13.3. The number of halogens is 5. The molecule has 18 heavy (non-hydrogen) atoms. The number of aromatic nitrogens is 2. The van der Waals surface area contributed by atoms with Crippen molar-refractivity contribution in [2.75, 3.05) is 0 Å². The van der Waals surface area contributed by atoms with Gasteiger partial charge in [0.15, 0.2) is 11.6 Å². The third-order valence-electron chi connectivity index (χ3n) is 2.20. The van der Waals surface area contributed by atoms with Gasteiger partial charge in [-0.25, -0.2) is 8.78 Å². The Morgan fingerprint density at radius 3 is 1.94 bits per heavy atom. The zero-order valence-corrected chi connectivity index (χ0v) is 8.67. The average Bonchev–Trinajstić information content (AvgIpc) is 2.28. The van der Waals surface area contributed by atoms with E-state index in [1.165, 1.54) is 0 Å². The SMILES string of the molecule is Fc1cncc(F)c1-c1ccc(C(F)(F)F)nc1. The average molecular weight is 260 g/mol. The molecule has 0 fully saturated rings. The lowest BCUT2D eigenvalue weighted by Gasteiger charge is -2.07. The topological polar surface area (TPSA) is 25.8 Å². The minimum Gasteiger partial charge on any atom is -0.259 e. The fraction of sp³-hybridized carbons (Fsp3) is 0.0909. The Kier molecular flexibility index (Phi) is 2.98. The van der Waals surface area contributed by atoms with Gasteiger partial charge in [0.05, 0.1) is 18.0 Å². The fourth-order valence-corrected chi connectivity index (χ4v) is 1.40. The molecule has 2 rings (SSSR count). The van der Waals surface area contributed by atoms with E-state index in [4.69, 9.17) is 0 Å². The van der Waals surface area contributed by atoms with Crippen LogP contribution in [0.1, 0.15) is 5.69 Å². The van der Waals surface area contributed by atoms with Crippen LogP contribution in [-0.2, 0) is 6.18 Å². The molecule has 0 spiro atoms. The van der Waals surface area contributed by atoms with Gasteiger partial charge < -0.3 is 0 Å². The summed E-state index contributed by atoms with van der Waals surface area (Å²) in [6.07, 6.45) is -2.27. The lowest BCUT2D eigenvalue weighted by Crippen LogP contribution is -2.07. The number of alkyl halides is 3. The van der Waals surface area contributed by atoms with Crippen molar-refractivity contribution >= 4 is 0 Å². The van der Waals surface area contributed by atoms with Gasteiger partial charge in [-0.05, 0) is 6.07 Å². The Hall–Kier alpha value is -2.05. The van der Waals surface area contributed by atoms with Crippen LogP contribution in [0.2, 0.25) is 0 Å². The predicted molar refractivity (Wildman–Crippen MR) is 52.4 cm³/mol. The van der Waals surface area contributed by atoms with E-state index in [1.807, 2.05) is 0 Å². The third kappa shape index (κ3) is 2.29. The molecule has 2 aromatic rings. The van der Waals surface area contributed by atoms with Crippen LogP contribution in [0, 0.1) is 11.6 Å². The summed E-state index contributed by atoms with van der Waals surface area (Å²) in [5.41, 5.74) is -1.66. The van der Waals surface area contributed by atoms with Crippen LogP contribution in [0.5, 0.6) is 0 Å². The molecule has 0 unspecified atom stereocenters. The number of pyridine rings is 2. The van der Waals surface area contributed by atoms with Crippen molar-refractivity contribution in [1.82, 2.24) is 9.97 Å². The van der Waals surface area contributed by atoms with Crippen LogP contribution in [0.4, 0.5) is 22.0 Å². The molecule has 0 radical (unpaired) electrons. The molecule has 0 atom stereocenters. The van der Waals surface area contributed by atoms with E-state index in [0.29, 0.717) is 6.07 Å². The standard InChI is InChI=1S/C11H5F5N2/c12-7-4-17-5-8(13)10(7)6-1-2-9(18-3-6)11(14,15)16/h1-5H. The molecule has 2 aromatic heterocycles. The molecule has 0 aromatic carbocycles. The Bertz CT molecular complexity index is 542. The quantitative estimate of drug-likeness (QED) is 0.734. The summed E-state index contributed by atoms with van der Waals surface area (Å²) < 4.78 is 63.4. The second-order valence-electron chi connectivity index (χ2n) is 3.41. The summed E-state index contributed by atoms with van der Waals surface area (Å²) in [6.45, 7) is 0. The summed E-state index contributed by atoms with van der Waals surface area (Å²) in [7, 11) is 0. The third-order valence-corrected chi connectivity index (χ3v) is 2.20. The zero-order valence-electron chi connectivity index (χ0n) is 8.67. The second kappa shape index (κ2) is 4.32. The van der Waals surface area contributed by atoms with Crippen molar-refractivity contribution in [2.45, 2.75) is 6.18 Å². The number of nitrogens with zero attached hydrogens (tertiary/aromatic N) is 2. The number of rotatable bonds is 1. The van der Waals surface area contributed by atoms with Crippen LogP contribution in [0.3, 0.4) is 0 Å². The largest absolute Gasteiger partial charge is 0.433 e. The summed E-state index contributed by atoms with van der Waals surface area (Å²) in [5, 5.41) is 0. The fourth-order valence-electron chi connectivity index (χ4n) is 1.40. The normalized spacial score (nSPS) is 11.6. The van der Waals surface area contributed by atoms with Crippen molar-refractivity contribution in [3.05, 3.63) is 48.1 Å². The van der Waals surface area contributed by atoms with E-state index in [-0.39, 0.29) is 5.56 Å². The monoisotopic (exact) mass is 260 g/mol. The molecule has 2 heterocycles.